The lowest BCUT2D eigenvalue weighted by molar-refractivity contribution is -0.144. The number of amides is 2. The summed E-state index contributed by atoms with van der Waals surface area (Å²) in [5, 5.41) is 28.2. The SMILES string of the molecule is CC(=C/C(C)C/C=C/C(C)=C/[C@@H](C)C(=O)[C@@H](C)C(O)C(C)C/C(C)=C/C(=O)NCCSSCCNC(=O)/C=C(\C)CC(C)C(O)[C@H](C)C(=O)[C@H](C)/C=C(C)/C=C/CC(C)/C=C(C)\C=C\[C@@H]1OC(=O)C=C[C@@H]1C)/C=C/[C@@H]1OC(=O)C=C[C@@H]1C. The lowest BCUT2D eigenvalue weighted by atomic mass is 9.83. The van der Waals surface area contributed by atoms with Gasteiger partial charge in [0.05, 0.1) is 12.2 Å². The van der Waals surface area contributed by atoms with E-state index in [0.717, 1.165) is 46.3 Å². The average molecular weight is 1170 g/mol. The second-order valence-electron chi connectivity index (χ2n) is 23.3. The molecule has 0 bridgehead atoms. The van der Waals surface area contributed by atoms with Gasteiger partial charge in [-0.05, 0) is 103 Å². The predicted molar refractivity (Wildman–Crippen MR) is 340 cm³/mol. The summed E-state index contributed by atoms with van der Waals surface area (Å²) in [5.41, 5.74) is 5.75. The summed E-state index contributed by atoms with van der Waals surface area (Å²) in [7, 11) is 3.20. The van der Waals surface area contributed by atoms with Gasteiger partial charge < -0.3 is 30.3 Å². The van der Waals surface area contributed by atoms with Gasteiger partial charge in [0, 0.05) is 84.4 Å². The van der Waals surface area contributed by atoms with Crippen LogP contribution in [0.15, 0.2) is 143 Å². The van der Waals surface area contributed by atoms with E-state index >= 15 is 0 Å². The Morgan fingerprint density at radius 2 is 0.890 bits per heavy atom. The highest BCUT2D eigenvalue weighted by Crippen LogP contribution is 2.27. The van der Waals surface area contributed by atoms with Crippen LogP contribution in [0.2, 0.25) is 0 Å². The third-order valence-corrected chi connectivity index (χ3v) is 17.1. The van der Waals surface area contributed by atoms with Crippen LogP contribution in [0.1, 0.15) is 136 Å². The van der Waals surface area contributed by atoms with Gasteiger partial charge in [-0.1, -0.05) is 197 Å². The number of rotatable bonds is 35. The molecule has 12 nitrogen and oxygen atoms in total. The first-order chi connectivity index (χ1) is 38.6. The summed E-state index contributed by atoms with van der Waals surface area (Å²) in [6.07, 6.45) is 34.4. The number of allylic oxidation sites excluding steroid dienone is 16. The zero-order valence-electron chi connectivity index (χ0n) is 52.1. The second kappa shape index (κ2) is 38.6. The van der Waals surface area contributed by atoms with Crippen LogP contribution in [-0.2, 0) is 38.2 Å². The van der Waals surface area contributed by atoms with Gasteiger partial charge in [-0.15, -0.1) is 0 Å². The Kier molecular flexibility index (Phi) is 34.2. The van der Waals surface area contributed by atoms with Gasteiger partial charge in [0.25, 0.3) is 0 Å². The van der Waals surface area contributed by atoms with E-state index in [1.54, 1.807) is 47.6 Å². The maximum Gasteiger partial charge on any atom is 0.331 e. The molecule has 2 heterocycles. The van der Waals surface area contributed by atoms with Crippen LogP contribution >= 0.6 is 21.6 Å². The van der Waals surface area contributed by atoms with Crippen molar-refractivity contribution in [1.82, 2.24) is 10.6 Å². The quantitative estimate of drug-likeness (QED) is 0.0155. The highest BCUT2D eigenvalue weighted by atomic mass is 33.1. The molecule has 0 saturated carbocycles. The topological polar surface area (TPSA) is 185 Å². The molecule has 0 radical (unpaired) electrons. The van der Waals surface area contributed by atoms with E-state index in [0.29, 0.717) is 37.4 Å². The fourth-order valence-corrected chi connectivity index (χ4v) is 11.7. The molecule has 0 saturated heterocycles. The molecule has 0 spiro atoms. The van der Waals surface area contributed by atoms with Crippen molar-refractivity contribution in [3.05, 3.63) is 143 Å². The van der Waals surface area contributed by atoms with Gasteiger partial charge in [0.15, 0.2) is 0 Å². The summed E-state index contributed by atoms with van der Waals surface area (Å²) in [6, 6.07) is 0. The predicted octanol–water partition coefficient (Wildman–Crippen LogP) is 13.2. The van der Waals surface area contributed by atoms with Crippen molar-refractivity contribution in [2.45, 2.75) is 161 Å². The standard InChI is InChI=1S/C68H100N2O10S2/c1-43(35-47(5)23-27-59-51(9)25-29-63(73)79-59)19-17-21-45(3)37-53(11)65(75)57(15)67(77)55(13)39-49(7)41-61(71)69-31-33-81-82-34-32-70-62(72)42-50(8)40-56(14)68(78)58(16)66(76)54(12)38-46(4)22-18-20-44(2)36-48(6)24-28-60-52(10)26-30-64(74)80-60/h17-18,21-30,35-38,41-44,51-60,67-68,77-78H,19-20,31-34,39-40H2,1-16H3,(H,69,71)(H,70,72)/b21-17+,22-18+,27-23+,28-24+,45-37+,46-38+,47-35-,48-36-,49-41+,50-42+/t43?,44?,51-,52-,53+,54+,55?,56?,57+,58+,59-,60-,67?,68?/m0/s1. The minimum absolute atomic E-state index is 0.0369. The summed E-state index contributed by atoms with van der Waals surface area (Å²) in [6.45, 7) is 32.0. The van der Waals surface area contributed by atoms with Gasteiger partial charge in [0.1, 0.15) is 23.8 Å². The fourth-order valence-electron chi connectivity index (χ4n) is 9.94. The fraction of sp³-hybridized carbons (Fsp3) is 0.559. The molecular weight excluding hydrogens is 1070 g/mol. The number of ketones is 2. The summed E-state index contributed by atoms with van der Waals surface area (Å²) < 4.78 is 10.8. The molecule has 82 heavy (non-hydrogen) atoms. The van der Waals surface area contributed by atoms with Crippen LogP contribution in [0, 0.1) is 59.2 Å². The van der Waals surface area contributed by atoms with Crippen molar-refractivity contribution in [3.63, 3.8) is 0 Å². The van der Waals surface area contributed by atoms with E-state index in [2.05, 4.69) is 48.8 Å². The number of Topliss-reactive ketones (excluding diaryl/α,β-unsaturated/α-hetero) is 2. The second-order valence-corrected chi connectivity index (χ2v) is 26.0. The van der Waals surface area contributed by atoms with Gasteiger partial charge in [-0.25, -0.2) is 9.59 Å². The van der Waals surface area contributed by atoms with E-state index < -0.39 is 24.0 Å². The Morgan fingerprint density at radius 1 is 0.549 bits per heavy atom. The first-order valence-corrected chi connectivity index (χ1v) is 31.9. The molecular formula is C68H100N2O10S2. The molecule has 2 amide bonds. The number of hydrogen-bond acceptors (Lipinski definition) is 12. The molecule has 0 aromatic rings. The summed E-state index contributed by atoms with van der Waals surface area (Å²) in [4.78, 5) is 75.4. The molecule has 4 N–H and O–H groups in total. The van der Waals surface area contributed by atoms with Crippen LogP contribution in [-0.4, -0.2) is 94.5 Å². The highest BCUT2D eigenvalue weighted by molar-refractivity contribution is 8.76. The maximum atomic E-state index is 13.4. The Labute approximate surface area is 500 Å². The molecule has 14 heteroatoms. The normalized spacial score (nSPS) is 22.6. The number of aliphatic hydroxyl groups excluding tert-OH is 2. The molecule has 2 rings (SSSR count). The zero-order valence-corrected chi connectivity index (χ0v) is 53.7. The number of nitrogens with one attached hydrogen (secondary N) is 2. The van der Waals surface area contributed by atoms with Crippen LogP contribution < -0.4 is 10.6 Å². The summed E-state index contributed by atoms with van der Waals surface area (Å²) in [5.74, 6) is -1.36. The number of carbonyl (C=O) groups is 6. The van der Waals surface area contributed by atoms with Crippen molar-refractivity contribution >= 4 is 56.9 Å². The van der Waals surface area contributed by atoms with E-state index in [-0.39, 0.29) is 94.9 Å². The molecule has 0 aliphatic carbocycles. The van der Waals surface area contributed by atoms with Gasteiger partial charge >= 0.3 is 11.9 Å². The lowest BCUT2D eigenvalue weighted by Crippen LogP contribution is -2.34. The molecule has 0 aromatic heterocycles. The van der Waals surface area contributed by atoms with E-state index in [1.807, 2.05) is 144 Å². The molecule has 2 aliphatic heterocycles. The lowest BCUT2D eigenvalue weighted by Gasteiger charge is -2.25. The Balaban J connectivity index is 1.67. The Bertz CT molecular complexity index is 2340. The molecule has 0 fully saturated rings. The van der Waals surface area contributed by atoms with Crippen LogP contribution in [0.5, 0.6) is 0 Å². The van der Waals surface area contributed by atoms with E-state index in [9.17, 15) is 39.0 Å². The smallest absolute Gasteiger partial charge is 0.331 e. The van der Waals surface area contributed by atoms with Crippen LogP contribution in [0.25, 0.3) is 0 Å². The Morgan fingerprint density at radius 3 is 1.24 bits per heavy atom. The van der Waals surface area contributed by atoms with E-state index in [1.165, 1.54) is 12.2 Å². The molecule has 14 atom stereocenters. The van der Waals surface area contributed by atoms with Crippen molar-refractivity contribution in [2.24, 2.45) is 59.2 Å². The average Bonchev–Trinajstić information content (AvgIpc) is 3.40. The van der Waals surface area contributed by atoms with Gasteiger partial charge in [0.2, 0.25) is 11.8 Å². The Hall–Kier alpha value is -5.28. The minimum atomic E-state index is -0.869. The van der Waals surface area contributed by atoms with Crippen molar-refractivity contribution in [2.75, 3.05) is 24.6 Å². The van der Waals surface area contributed by atoms with E-state index in [4.69, 9.17) is 9.47 Å². The third kappa shape index (κ3) is 29.3. The number of carbonyl (C=O) groups excluding carboxylic acids is 6. The number of ether oxygens (including phenoxy) is 2. The molecule has 454 valence electrons. The summed E-state index contributed by atoms with van der Waals surface area (Å²) >= 11 is 0. The first-order valence-electron chi connectivity index (χ1n) is 29.4. The van der Waals surface area contributed by atoms with Crippen LogP contribution in [0.3, 0.4) is 0 Å². The van der Waals surface area contributed by atoms with Crippen molar-refractivity contribution in [1.29, 1.82) is 0 Å². The first kappa shape index (κ1) is 72.8. The maximum absolute atomic E-state index is 13.4. The van der Waals surface area contributed by atoms with Crippen molar-refractivity contribution < 1.29 is 48.5 Å². The largest absolute Gasteiger partial charge is 0.454 e. The van der Waals surface area contributed by atoms with Gasteiger partial charge in [-0.2, -0.15) is 0 Å². The number of hydrogen-bond donors (Lipinski definition) is 4. The third-order valence-electron chi connectivity index (χ3n) is 14.7. The molecule has 0 aromatic carbocycles. The van der Waals surface area contributed by atoms with Gasteiger partial charge in [-0.3, -0.25) is 19.2 Å². The number of aliphatic hydroxyl groups is 2. The van der Waals surface area contributed by atoms with Crippen molar-refractivity contribution in [3.8, 4) is 0 Å². The van der Waals surface area contributed by atoms with Crippen LogP contribution in [0.4, 0.5) is 0 Å². The molecule has 2 aliphatic rings. The monoisotopic (exact) mass is 1170 g/mol. The minimum Gasteiger partial charge on any atom is -0.454 e. The zero-order chi connectivity index (χ0) is 61.6. The number of esters is 2. The molecule has 6 unspecified atom stereocenters. The number of cyclic esters (lactones) is 2. The highest BCUT2D eigenvalue weighted by Gasteiger charge is 2.31.